The van der Waals surface area contributed by atoms with Crippen molar-refractivity contribution in [3.63, 3.8) is 0 Å². The zero-order valence-electron chi connectivity index (χ0n) is 27.4. The molecule has 0 spiro atoms. The third-order valence-corrected chi connectivity index (χ3v) is 9.27. The van der Waals surface area contributed by atoms with Gasteiger partial charge in [0.1, 0.15) is 11.2 Å². The summed E-state index contributed by atoms with van der Waals surface area (Å²) in [6.45, 7) is 2.21. The molecule has 0 unspecified atom stereocenters. The number of nitrogens with zero attached hydrogens (tertiary/aromatic N) is 1. The fourth-order valence-corrected chi connectivity index (χ4v) is 6.97. The quantitative estimate of drug-likeness (QED) is 0.181. The lowest BCUT2D eigenvalue weighted by molar-refractivity contribution is 0.668. The highest BCUT2D eigenvalue weighted by molar-refractivity contribution is 6.15. The molecule has 0 aliphatic rings. The Labute approximate surface area is 287 Å². The molecule has 2 N–H and O–H groups in total. The Morgan fingerprint density at radius 2 is 1.04 bits per heavy atom. The molecule has 0 aliphatic heterocycles. The highest BCUT2D eigenvalue weighted by Gasteiger charge is 2.25. The van der Waals surface area contributed by atoms with Crippen molar-refractivity contribution in [2.45, 2.75) is 13.3 Å². The summed E-state index contributed by atoms with van der Waals surface area (Å²) in [5.74, 6) is 0. The van der Waals surface area contributed by atoms with Crippen LogP contribution >= 0.6 is 0 Å². The van der Waals surface area contributed by atoms with Crippen LogP contribution in [0, 0.1) is 0 Å². The summed E-state index contributed by atoms with van der Waals surface area (Å²) >= 11 is 0. The van der Waals surface area contributed by atoms with Gasteiger partial charge in [-0.2, -0.15) is 0 Å². The Kier molecular flexibility index (Phi) is 8.01. The number of hydrogen-bond acceptors (Lipinski definition) is 3. The third kappa shape index (κ3) is 5.66. The van der Waals surface area contributed by atoms with E-state index in [-0.39, 0.29) is 0 Å². The van der Waals surface area contributed by atoms with Gasteiger partial charge in [-0.05, 0) is 99.6 Å². The van der Waals surface area contributed by atoms with Gasteiger partial charge in [-0.25, -0.2) is 0 Å². The van der Waals surface area contributed by atoms with E-state index >= 15 is 0 Å². The molecule has 8 rings (SSSR count). The zero-order valence-corrected chi connectivity index (χ0v) is 27.4. The van der Waals surface area contributed by atoms with Crippen LogP contribution in [0.4, 0.5) is 17.1 Å². The number of para-hydroxylation sites is 1. The first-order chi connectivity index (χ1) is 24.2. The fourth-order valence-electron chi connectivity index (χ4n) is 6.97. The molecule has 8 aromatic rings. The van der Waals surface area contributed by atoms with Crippen LogP contribution in [0.25, 0.3) is 61.4 Å². The minimum absolute atomic E-state index is 0.806. The van der Waals surface area contributed by atoms with E-state index < -0.39 is 0 Å². The number of anilines is 3. The Morgan fingerprint density at radius 3 is 1.63 bits per heavy atom. The first-order valence-corrected chi connectivity index (χ1v) is 16.8. The van der Waals surface area contributed by atoms with E-state index in [0.717, 1.165) is 67.7 Å². The molecule has 3 heteroatoms. The van der Waals surface area contributed by atoms with Crippen LogP contribution in [-0.4, -0.2) is 0 Å². The lowest BCUT2D eigenvalue weighted by Crippen LogP contribution is -2.13. The van der Waals surface area contributed by atoms with Gasteiger partial charge in [0.25, 0.3) is 0 Å². The molecule has 1 heterocycles. The summed E-state index contributed by atoms with van der Waals surface area (Å²) < 4.78 is 6.53. The Morgan fingerprint density at radius 1 is 0.531 bits per heavy atom. The van der Waals surface area contributed by atoms with Gasteiger partial charge in [0, 0.05) is 16.8 Å². The van der Waals surface area contributed by atoms with Crippen molar-refractivity contribution >= 4 is 45.1 Å². The number of hydrogen-bond donors (Lipinski definition) is 1. The molecule has 0 aliphatic carbocycles. The lowest BCUT2D eigenvalue weighted by atomic mass is 9.95. The van der Waals surface area contributed by atoms with Gasteiger partial charge in [-0.3, -0.25) is 0 Å². The molecule has 7 aromatic carbocycles. The summed E-state index contributed by atoms with van der Waals surface area (Å²) in [6, 6.07) is 58.0. The van der Waals surface area contributed by atoms with Gasteiger partial charge in [0.2, 0.25) is 0 Å². The maximum absolute atomic E-state index is 6.53. The van der Waals surface area contributed by atoms with Crippen LogP contribution in [0.2, 0.25) is 0 Å². The van der Waals surface area contributed by atoms with Gasteiger partial charge >= 0.3 is 0 Å². The molecule has 0 bridgehead atoms. The minimum Gasteiger partial charge on any atom is -0.456 e. The van der Waals surface area contributed by atoms with Gasteiger partial charge in [0.15, 0.2) is 0 Å². The summed E-state index contributed by atoms with van der Waals surface area (Å²) in [5.41, 5.74) is 20.2. The van der Waals surface area contributed by atoms with Crippen molar-refractivity contribution in [3.8, 4) is 33.4 Å². The maximum Gasteiger partial charge on any atom is 0.138 e. The number of benzene rings is 7. The highest BCUT2D eigenvalue weighted by Crippen LogP contribution is 2.47. The van der Waals surface area contributed by atoms with E-state index in [0.29, 0.717) is 0 Å². The smallest absolute Gasteiger partial charge is 0.138 e. The van der Waals surface area contributed by atoms with Crippen molar-refractivity contribution in [1.29, 1.82) is 0 Å². The predicted molar refractivity (Wildman–Crippen MR) is 207 cm³/mol. The summed E-state index contributed by atoms with van der Waals surface area (Å²) in [6.07, 6.45) is 4.41. The molecule has 0 fully saturated rings. The first-order valence-electron chi connectivity index (χ1n) is 16.8. The van der Waals surface area contributed by atoms with Crippen molar-refractivity contribution in [2.24, 2.45) is 5.73 Å². The van der Waals surface area contributed by atoms with Crippen molar-refractivity contribution in [2.75, 3.05) is 4.90 Å². The van der Waals surface area contributed by atoms with Crippen LogP contribution < -0.4 is 10.6 Å². The topological polar surface area (TPSA) is 42.4 Å². The normalized spacial score (nSPS) is 11.4. The van der Waals surface area contributed by atoms with Gasteiger partial charge in [-0.15, -0.1) is 0 Å². The summed E-state index contributed by atoms with van der Waals surface area (Å²) in [4.78, 5) is 2.41. The Bertz CT molecular complexity index is 2420. The second-order valence-electron chi connectivity index (χ2n) is 12.2. The molecule has 0 atom stereocenters. The van der Waals surface area contributed by atoms with Crippen LogP contribution in [0.3, 0.4) is 0 Å². The van der Waals surface area contributed by atoms with Crippen molar-refractivity contribution < 1.29 is 4.42 Å². The molecule has 0 saturated heterocycles. The predicted octanol–water partition coefficient (Wildman–Crippen LogP) is 12.5. The Hall–Kier alpha value is -6.32. The van der Waals surface area contributed by atoms with E-state index in [4.69, 9.17) is 10.2 Å². The van der Waals surface area contributed by atoms with Crippen LogP contribution in [0.1, 0.15) is 18.1 Å². The molecular weight excluding hydrogens is 597 g/mol. The lowest BCUT2D eigenvalue weighted by Gasteiger charge is -2.30. The highest BCUT2D eigenvalue weighted by atomic mass is 16.3. The molecule has 236 valence electrons. The van der Waals surface area contributed by atoms with Gasteiger partial charge in [-0.1, -0.05) is 134 Å². The minimum atomic E-state index is 0.806. The second-order valence-corrected chi connectivity index (χ2v) is 12.2. The van der Waals surface area contributed by atoms with Crippen molar-refractivity contribution in [3.05, 3.63) is 181 Å². The molecule has 3 nitrogen and oxygen atoms in total. The van der Waals surface area contributed by atoms with E-state index in [1.54, 1.807) is 6.20 Å². The number of fused-ring (bicyclic) bond motifs is 3. The zero-order chi connectivity index (χ0) is 33.2. The van der Waals surface area contributed by atoms with E-state index in [1.165, 1.54) is 22.3 Å². The molecule has 0 amide bonds. The average Bonchev–Trinajstić information content (AvgIpc) is 3.54. The molecular formula is C46H36N2O. The fraction of sp³-hybridized carbons (Fsp3) is 0.0435. The molecule has 0 radical (unpaired) electrons. The number of furan rings is 1. The largest absolute Gasteiger partial charge is 0.456 e. The molecule has 1 aromatic heterocycles. The first kappa shape index (κ1) is 30.0. The number of rotatable bonds is 8. The van der Waals surface area contributed by atoms with E-state index in [2.05, 4.69) is 163 Å². The van der Waals surface area contributed by atoms with Crippen molar-refractivity contribution in [1.82, 2.24) is 0 Å². The van der Waals surface area contributed by atoms with Crippen LogP contribution in [0.5, 0.6) is 0 Å². The molecule has 49 heavy (non-hydrogen) atoms. The number of nitrogens with two attached hydrogens (primary N) is 1. The third-order valence-electron chi connectivity index (χ3n) is 9.27. The molecule has 0 saturated carbocycles. The standard InChI is InChI=1S/C46H36N2O/c1-2-41-38(27-28-47)31-44-45(42-21-9-10-22-43(42)49-44)46(41)48(39-19-11-17-36(29-39)33-15-7-4-8-16-33)40-20-12-18-37(30-40)35-25-23-34(24-26-35)32-13-5-3-6-14-32/h3-31H,2,47H2,1H3/b28-27-. The average molecular weight is 633 g/mol. The van der Waals surface area contributed by atoms with E-state index in [9.17, 15) is 0 Å². The summed E-state index contributed by atoms with van der Waals surface area (Å²) in [7, 11) is 0. The maximum atomic E-state index is 6.53. The second kappa shape index (κ2) is 13.1. The van der Waals surface area contributed by atoms with Crippen LogP contribution in [-0.2, 0) is 6.42 Å². The van der Waals surface area contributed by atoms with E-state index in [1.807, 2.05) is 18.2 Å². The van der Waals surface area contributed by atoms with Crippen LogP contribution in [0.15, 0.2) is 174 Å². The van der Waals surface area contributed by atoms with Gasteiger partial charge < -0.3 is 15.1 Å². The Balaban J connectivity index is 1.38. The van der Waals surface area contributed by atoms with Gasteiger partial charge in [0.05, 0.1) is 11.1 Å². The monoisotopic (exact) mass is 632 g/mol. The summed E-state index contributed by atoms with van der Waals surface area (Å²) in [5, 5.41) is 2.17. The SMILES string of the molecule is CCc1c(/C=C\N)cc2oc3ccccc3c2c1N(c1cccc(-c2ccccc2)c1)c1cccc(-c2ccc(-c3ccccc3)cc2)c1.